The van der Waals surface area contributed by atoms with E-state index < -0.39 is 45.8 Å². The molecule has 1 aliphatic carbocycles. The molecular weight excluding hydrogens is 600 g/mol. The Morgan fingerprint density at radius 3 is 1.43 bits per heavy atom. The van der Waals surface area contributed by atoms with E-state index in [4.69, 9.17) is 0 Å². The molecule has 0 saturated heterocycles. The third-order valence-electron chi connectivity index (χ3n) is 4.23. The van der Waals surface area contributed by atoms with Crippen molar-refractivity contribution in [1.82, 2.24) is 0 Å². The molecule has 0 spiro atoms. The summed E-state index contributed by atoms with van der Waals surface area (Å²) < 4.78 is 29.7. The summed E-state index contributed by atoms with van der Waals surface area (Å²) in [7, 11) is 0. The first-order valence-corrected chi connectivity index (χ1v) is 11.2. The first-order chi connectivity index (χ1) is 13.3. The Morgan fingerprint density at radius 2 is 1.11 bits per heavy atom. The molecule has 0 saturated carbocycles. The lowest BCUT2D eigenvalue weighted by Gasteiger charge is -2.25. The van der Waals surface area contributed by atoms with Crippen LogP contribution in [-0.2, 0) is 0 Å². The van der Waals surface area contributed by atoms with Crippen molar-refractivity contribution in [3.63, 3.8) is 0 Å². The molecule has 0 amide bonds. The van der Waals surface area contributed by atoms with E-state index in [1.165, 1.54) is 0 Å². The zero-order valence-corrected chi connectivity index (χ0v) is 18.5. The minimum atomic E-state index is -1.06. The van der Waals surface area contributed by atoms with E-state index in [0.29, 0.717) is 21.9 Å². The maximum Gasteiger partial charge on any atom is 0.200 e. The number of carbonyl (C=O) groups is 2. The van der Waals surface area contributed by atoms with Crippen LogP contribution >= 0.6 is 45.2 Å². The molecule has 0 fully saturated rings. The average molecular weight is 614 g/mol. The number of aromatic hydroxyl groups is 2. The average Bonchev–Trinajstić information content (AvgIpc) is 2.67. The number of alkyl halides is 2. The molecule has 148 valence electrons. The Kier molecular flexibility index (Phi) is 6.27. The van der Waals surface area contributed by atoms with Gasteiger partial charge in [0.15, 0.2) is 23.1 Å². The number of ketones is 2. The van der Waals surface area contributed by atoms with Gasteiger partial charge in [0.05, 0.1) is 22.3 Å². The molecule has 10 heteroatoms. The zero-order valence-electron chi connectivity index (χ0n) is 14.2. The van der Waals surface area contributed by atoms with E-state index in [1.807, 2.05) is 0 Å². The number of fused-ring (bicyclic) bond motifs is 2. The molecular formula is C18H14F2I2N2O4. The highest BCUT2D eigenvalue weighted by atomic mass is 127. The van der Waals surface area contributed by atoms with Gasteiger partial charge in [-0.15, -0.1) is 0 Å². The normalized spacial score (nSPS) is 12.6. The van der Waals surface area contributed by atoms with Crippen molar-refractivity contribution in [1.29, 1.82) is 0 Å². The van der Waals surface area contributed by atoms with E-state index in [0.717, 1.165) is 12.1 Å². The second-order valence-electron chi connectivity index (χ2n) is 5.90. The van der Waals surface area contributed by atoms with Crippen LogP contribution in [0.3, 0.4) is 0 Å². The number of benzene rings is 2. The zero-order chi connectivity index (χ0) is 20.6. The minimum Gasteiger partial charge on any atom is -0.504 e. The molecule has 0 unspecified atom stereocenters. The Bertz CT molecular complexity index is 919. The van der Waals surface area contributed by atoms with Gasteiger partial charge in [-0.3, -0.25) is 9.59 Å². The monoisotopic (exact) mass is 614 g/mol. The van der Waals surface area contributed by atoms with Crippen molar-refractivity contribution in [2.45, 2.75) is 0 Å². The van der Waals surface area contributed by atoms with Crippen LogP contribution in [0.4, 0.5) is 20.2 Å². The molecule has 0 radical (unpaired) electrons. The second-order valence-corrected chi connectivity index (χ2v) is 8.06. The highest BCUT2D eigenvalue weighted by Crippen LogP contribution is 2.44. The molecule has 2 aromatic rings. The fourth-order valence-electron chi connectivity index (χ4n) is 3.09. The number of hydrogen-bond donors (Lipinski definition) is 4. The highest BCUT2D eigenvalue weighted by molar-refractivity contribution is 14.1. The van der Waals surface area contributed by atoms with Gasteiger partial charge in [-0.2, -0.15) is 0 Å². The van der Waals surface area contributed by atoms with Gasteiger partial charge in [-0.25, -0.2) is 8.78 Å². The van der Waals surface area contributed by atoms with E-state index in [2.05, 4.69) is 55.8 Å². The van der Waals surface area contributed by atoms with Crippen LogP contribution in [0.25, 0.3) is 0 Å². The summed E-state index contributed by atoms with van der Waals surface area (Å²) in [5.74, 6) is -5.78. The number of carbonyl (C=O) groups excluding carboxylic acids is 2. The Morgan fingerprint density at radius 1 is 0.750 bits per heavy atom. The number of halogens is 4. The lowest BCUT2D eigenvalue weighted by molar-refractivity contribution is 0.0974. The number of anilines is 2. The van der Waals surface area contributed by atoms with E-state index in [-0.39, 0.29) is 22.5 Å². The van der Waals surface area contributed by atoms with Gasteiger partial charge in [0.1, 0.15) is 0 Å². The molecule has 0 atom stereocenters. The van der Waals surface area contributed by atoms with Gasteiger partial charge in [0, 0.05) is 45.5 Å². The quantitative estimate of drug-likeness (QED) is 0.192. The molecule has 0 heterocycles. The van der Waals surface area contributed by atoms with Crippen molar-refractivity contribution in [2.75, 3.05) is 32.6 Å². The number of nitrogens with one attached hydrogen (secondary N) is 2. The van der Waals surface area contributed by atoms with Crippen LogP contribution in [0.1, 0.15) is 31.8 Å². The van der Waals surface area contributed by atoms with Gasteiger partial charge < -0.3 is 20.8 Å². The first kappa shape index (κ1) is 21.0. The molecule has 3 rings (SSSR count). The molecule has 2 aromatic carbocycles. The van der Waals surface area contributed by atoms with Gasteiger partial charge >= 0.3 is 0 Å². The largest absolute Gasteiger partial charge is 0.504 e. The highest BCUT2D eigenvalue weighted by Gasteiger charge is 2.40. The lowest BCUT2D eigenvalue weighted by Crippen LogP contribution is -2.26. The summed E-state index contributed by atoms with van der Waals surface area (Å²) in [4.78, 5) is 26.2. The third-order valence-corrected chi connectivity index (χ3v) is 5.31. The van der Waals surface area contributed by atoms with Gasteiger partial charge in [0.2, 0.25) is 11.6 Å². The maximum atomic E-state index is 14.2. The van der Waals surface area contributed by atoms with Crippen LogP contribution in [-0.4, -0.2) is 43.7 Å². The van der Waals surface area contributed by atoms with Crippen molar-refractivity contribution >= 4 is 68.1 Å². The Balaban J connectivity index is 2.32. The minimum absolute atomic E-state index is 0.00333. The SMILES string of the molecule is O=C1c2c(NCCI)cc(F)c(O)c2C(=O)c2c(NCCI)cc(F)c(O)c21. The number of phenols is 2. The van der Waals surface area contributed by atoms with Crippen LogP contribution in [0, 0.1) is 11.6 Å². The van der Waals surface area contributed by atoms with E-state index in [9.17, 15) is 28.6 Å². The summed E-state index contributed by atoms with van der Waals surface area (Å²) in [6.07, 6.45) is 0. The summed E-state index contributed by atoms with van der Waals surface area (Å²) >= 11 is 4.13. The van der Waals surface area contributed by atoms with Crippen molar-refractivity contribution < 1.29 is 28.6 Å². The fourth-order valence-corrected chi connectivity index (χ4v) is 3.63. The van der Waals surface area contributed by atoms with E-state index >= 15 is 0 Å². The van der Waals surface area contributed by atoms with Crippen molar-refractivity contribution in [3.05, 3.63) is 46.0 Å². The lowest BCUT2D eigenvalue weighted by atomic mass is 9.81. The van der Waals surface area contributed by atoms with Crippen LogP contribution in [0.15, 0.2) is 12.1 Å². The Labute approximate surface area is 186 Å². The number of rotatable bonds is 6. The molecule has 0 bridgehead atoms. The van der Waals surface area contributed by atoms with E-state index in [1.54, 1.807) is 0 Å². The summed E-state index contributed by atoms with van der Waals surface area (Å²) in [5.41, 5.74) is -1.59. The summed E-state index contributed by atoms with van der Waals surface area (Å²) in [5, 5.41) is 26.0. The fraction of sp³-hybridized carbons (Fsp3) is 0.222. The topological polar surface area (TPSA) is 98.7 Å². The molecule has 1 aliphatic rings. The maximum absolute atomic E-state index is 14.2. The molecule has 6 nitrogen and oxygen atoms in total. The van der Waals surface area contributed by atoms with Crippen LogP contribution in [0.2, 0.25) is 0 Å². The second kappa shape index (κ2) is 8.35. The number of phenolic OH excluding ortho intramolecular Hbond substituents is 2. The molecule has 4 N–H and O–H groups in total. The van der Waals surface area contributed by atoms with Gasteiger partial charge in [-0.05, 0) is 0 Å². The van der Waals surface area contributed by atoms with Crippen molar-refractivity contribution in [2.24, 2.45) is 0 Å². The van der Waals surface area contributed by atoms with Crippen LogP contribution < -0.4 is 10.6 Å². The predicted molar refractivity (Wildman–Crippen MR) is 118 cm³/mol. The van der Waals surface area contributed by atoms with Gasteiger partial charge in [0.25, 0.3) is 0 Å². The molecule has 0 aromatic heterocycles. The standard InChI is InChI=1S/C18H14F2I2N2O4/c19-7-5-9(23-3-1-21)11-13(15(7)25)18(28)12-10(24-4-2-22)6-8(20)16(26)14(12)17(11)27/h5-6,23-26H,1-4H2. The molecule has 0 aliphatic heterocycles. The van der Waals surface area contributed by atoms with Crippen LogP contribution in [0.5, 0.6) is 11.5 Å². The Hall–Kier alpha value is -1.70. The predicted octanol–water partition coefficient (Wildman–Crippen LogP) is 3.85. The molecule has 28 heavy (non-hydrogen) atoms. The third kappa shape index (κ3) is 3.40. The smallest absolute Gasteiger partial charge is 0.200 e. The summed E-state index contributed by atoms with van der Waals surface area (Å²) in [6.45, 7) is 0.728. The first-order valence-electron chi connectivity index (χ1n) is 8.13. The number of hydrogen-bond acceptors (Lipinski definition) is 6. The van der Waals surface area contributed by atoms with Gasteiger partial charge in [-0.1, -0.05) is 45.2 Å². The summed E-state index contributed by atoms with van der Waals surface area (Å²) in [6, 6.07) is 1.81. The van der Waals surface area contributed by atoms with Crippen molar-refractivity contribution in [3.8, 4) is 11.5 Å².